The molecular weight excluding hydrogens is 286 g/mol. The van der Waals surface area contributed by atoms with Crippen LogP contribution in [0.1, 0.15) is 29.9 Å². The Labute approximate surface area is 129 Å². The van der Waals surface area contributed by atoms with E-state index in [-0.39, 0.29) is 23.9 Å². The standard InChI is InChI=1S/C15H21N3O2S/c1-10(2)17(4)15(20)13-8-21-9-18(13)14(19)12-6-5-11(3)16-7-12/h5-7,10,13H,8-9H2,1-4H3/t13-/m0/s1. The van der Waals surface area contributed by atoms with Crippen LogP contribution in [0.15, 0.2) is 18.3 Å². The van der Waals surface area contributed by atoms with Gasteiger partial charge < -0.3 is 9.80 Å². The lowest BCUT2D eigenvalue weighted by Crippen LogP contribution is -2.49. The van der Waals surface area contributed by atoms with Crippen LogP contribution in [0.3, 0.4) is 0 Å². The molecule has 21 heavy (non-hydrogen) atoms. The Hall–Kier alpha value is -1.56. The van der Waals surface area contributed by atoms with Crippen molar-refractivity contribution in [1.29, 1.82) is 0 Å². The molecule has 2 amide bonds. The molecule has 0 aliphatic carbocycles. The molecule has 5 nitrogen and oxygen atoms in total. The van der Waals surface area contributed by atoms with Crippen LogP contribution in [-0.4, -0.2) is 57.4 Å². The fourth-order valence-electron chi connectivity index (χ4n) is 2.10. The van der Waals surface area contributed by atoms with Crippen LogP contribution in [0.2, 0.25) is 0 Å². The van der Waals surface area contributed by atoms with E-state index in [1.165, 1.54) is 0 Å². The third-order valence-corrected chi connectivity index (χ3v) is 4.72. The maximum Gasteiger partial charge on any atom is 0.256 e. The topological polar surface area (TPSA) is 53.5 Å². The fourth-order valence-corrected chi connectivity index (χ4v) is 3.24. The highest BCUT2D eigenvalue weighted by Crippen LogP contribution is 2.24. The minimum Gasteiger partial charge on any atom is -0.342 e. The van der Waals surface area contributed by atoms with Crippen LogP contribution in [0.5, 0.6) is 0 Å². The second-order valence-corrected chi connectivity index (χ2v) is 6.52. The second-order valence-electron chi connectivity index (χ2n) is 5.52. The number of hydrogen-bond acceptors (Lipinski definition) is 4. The number of nitrogens with zero attached hydrogens (tertiary/aromatic N) is 3. The summed E-state index contributed by atoms with van der Waals surface area (Å²) in [6.45, 7) is 5.82. The van der Waals surface area contributed by atoms with Crippen molar-refractivity contribution in [1.82, 2.24) is 14.8 Å². The number of carbonyl (C=O) groups excluding carboxylic acids is 2. The van der Waals surface area contributed by atoms with Crippen LogP contribution in [-0.2, 0) is 4.79 Å². The molecule has 0 radical (unpaired) electrons. The summed E-state index contributed by atoms with van der Waals surface area (Å²) >= 11 is 1.61. The number of carbonyl (C=O) groups is 2. The minimum absolute atomic E-state index is 0.00317. The number of likely N-dealkylation sites (N-methyl/N-ethyl adjacent to an activating group) is 1. The van der Waals surface area contributed by atoms with E-state index in [0.717, 1.165) is 5.69 Å². The van der Waals surface area contributed by atoms with Crippen molar-refractivity contribution in [3.8, 4) is 0 Å². The lowest BCUT2D eigenvalue weighted by Gasteiger charge is -2.29. The Bertz CT molecular complexity index is 530. The summed E-state index contributed by atoms with van der Waals surface area (Å²) in [5, 5.41) is 0. The molecule has 1 aromatic heterocycles. The zero-order chi connectivity index (χ0) is 15.6. The highest BCUT2D eigenvalue weighted by molar-refractivity contribution is 7.99. The van der Waals surface area contributed by atoms with Crippen LogP contribution in [0.25, 0.3) is 0 Å². The molecule has 1 atom stereocenters. The van der Waals surface area contributed by atoms with Gasteiger partial charge in [-0.05, 0) is 32.9 Å². The summed E-state index contributed by atoms with van der Waals surface area (Å²) in [6.07, 6.45) is 1.58. The molecule has 2 rings (SSSR count). The van der Waals surface area contributed by atoms with Crippen LogP contribution in [0.4, 0.5) is 0 Å². The lowest BCUT2D eigenvalue weighted by atomic mass is 10.2. The molecule has 2 heterocycles. The number of amides is 2. The van der Waals surface area contributed by atoms with Crippen molar-refractivity contribution in [2.75, 3.05) is 18.7 Å². The molecule has 1 aliphatic rings. The van der Waals surface area contributed by atoms with Crippen molar-refractivity contribution >= 4 is 23.6 Å². The van der Waals surface area contributed by atoms with E-state index in [1.54, 1.807) is 40.9 Å². The van der Waals surface area contributed by atoms with Gasteiger partial charge in [0, 0.05) is 30.7 Å². The van der Waals surface area contributed by atoms with E-state index in [9.17, 15) is 9.59 Å². The molecule has 1 saturated heterocycles. The van der Waals surface area contributed by atoms with Gasteiger partial charge in [-0.2, -0.15) is 0 Å². The molecule has 0 aromatic carbocycles. The fraction of sp³-hybridized carbons (Fsp3) is 0.533. The monoisotopic (exact) mass is 307 g/mol. The van der Waals surface area contributed by atoms with Gasteiger partial charge in [-0.1, -0.05) is 0 Å². The number of thioether (sulfide) groups is 1. The molecule has 1 aliphatic heterocycles. The number of rotatable bonds is 3. The summed E-state index contributed by atoms with van der Waals surface area (Å²) in [5.41, 5.74) is 1.41. The highest BCUT2D eigenvalue weighted by atomic mass is 32.2. The maximum atomic E-state index is 12.6. The molecule has 0 bridgehead atoms. The number of pyridine rings is 1. The molecule has 0 N–H and O–H groups in total. The van der Waals surface area contributed by atoms with Gasteiger partial charge in [-0.15, -0.1) is 11.8 Å². The van der Waals surface area contributed by atoms with E-state index in [1.807, 2.05) is 26.8 Å². The predicted octanol–water partition coefficient (Wildman–Crippen LogP) is 1.77. The Balaban J connectivity index is 2.16. The highest BCUT2D eigenvalue weighted by Gasteiger charge is 2.37. The van der Waals surface area contributed by atoms with Crippen molar-refractivity contribution in [3.05, 3.63) is 29.6 Å². The molecule has 1 fully saturated rings. The average Bonchev–Trinajstić information content (AvgIpc) is 2.95. The summed E-state index contributed by atoms with van der Waals surface area (Å²) in [6, 6.07) is 3.33. The van der Waals surface area contributed by atoms with Gasteiger partial charge in [0.25, 0.3) is 5.91 Å². The molecule has 0 saturated carbocycles. The third kappa shape index (κ3) is 3.37. The van der Waals surface area contributed by atoms with Crippen LogP contribution >= 0.6 is 11.8 Å². The van der Waals surface area contributed by atoms with Crippen molar-refractivity contribution < 1.29 is 9.59 Å². The predicted molar refractivity (Wildman–Crippen MR) is 84.2 cm³/mol. The average molecular weight is 307 g/mol. The number of aromatic nitrogens is 1. The summed E-state index contributed by atoms with van der Waals surface area (Å²) in [5.74, 6) is 1.09. The van der Waals surface area contributed by atoms with E-state index in [4.69, 9.17) is 0 Å². The summed E-state index contributed by atoms with van der Waals surface area (Å²) in [4.78, 5) is 32.6. The molecule has 1 aromatic rings. The van der Waals surface area contributed by atoms with Gasteiger partial charge >= 0.3 is 0 Å². The molecule has 0 spiro atoms. The summed E-state index contributed by atoms with van der Waals surface area (Å²) < 4.78 is 0. The van der Waals surface area contributed by atoms with Gasteiger partial charge in [0.2, 0.25) is 5.91 Å². The zero-order valence-electron chi connectivity index (χ0n) is 12.9. The van der Waals surface area contributed by atoms with Gasteiger partial charge in [-0.3, -0.25) is 14.6 Å². The van der Waals surface area contributed by atoms with Crippen LogP contribution in [0, 0.1) is 6.92 Å². The quantitative estimate of drug-likeness (QED) is 0.854. The van der Waals surface area contributed by atoms with E-state index in [2.05, 4.69) is 4.98 Å². The molecule has 0 unspecified atom stereocenters. The second kappa shape index (κ2) is 6.47. The Morgan fingerprint density at radius 1 is 1.43 bits per heavy atom. The molecule has 6 heteroatoms. The lowest BCUT2D eigenvalue weighted by molar-refractivity contribution is -0.135. The SMILES string of the molecule is Cc1ccc(C(=O)N2CSC[C@H]2C(=O)N(C)C(C)C)cn1. The van der Waals surface area contributed by atoms with Crippen molar-refractivity contribution in [2.24, 2.45) is 0 Å². The van der Waals surface area contributed by atoms with E-state index < -0.39 is 0 Å². The van der Waals surface area contributed by atoms with E-state index in [0.29, 0.717) is 17.2 Å². The first-order chi connectivity index (χ1) is 9.91. The first kappa shape index (κ1) is 15.8. The van der Waals surface area contributed by atoms with Gasteiger partial charge in [-0.25, -0.2) is 0 Å². The van der Waals surface area contributed by atoms with Crippen LogP contribution < -0.4 is 0 Å². The van der Waals surface area contributed by atoms with Gasteiger partial charge in [0.15, 0.2) is 0 Å². The number of hydrogen-bond donors (Lipinski definition) is 0. The Morgan fingerprint density at radius 2 is 2.14 bits per heavy atom. The van der Waals surface area contributed by atoms with Gasteiger partial charge in [0.1, 0.15) is 6.04 Å². The largest absolute Gasteiger partial charge is 0.342 e. The van der Waals surface area contributed by atoms with E-state index >= 15 is 0 Å². The summed E-state index contributed by atoms with van der Waals surface area (Å²) in [7, 11) is 1.78. The maximum absolute atomic E-state index is 12.6. The Kier molecular flexibility index (Phi) is 4.88. The third-order valence-electron chi connectivity index (χ3n) is 3.71. The molecule has 114 valence electrons. The normalized spacial score (nSPS) is 18.1. The zero-order valence-corrected chi connectivity index (χ0v) is 13.7. The van der Waals surface area contributed by atoms with Gasteiger partial charge in [0.05, 0.1) is 11.4 Å². The number of aryl methyl sites for hydroxylation is 1. The first-order valence-corrected chi connectivity index (χ1v) is 8.15. The minimum atomic E-state index is -0.379. The Morgan fingerprint density at radius 3 is 2.71 bits per heavy atom. The van der Waals surface area contributed by atoms with Crippen molar-refractivity contribution in [2.45, 2.75) is 32.9 Å². The molecular formula is C15H21N3O2S. The van der Waals surface area contributed by atoms with Crippen molar-refractivity contribution in [3.63, 3.8) is 0 Å². The first-order valence-electron chi connectivity index (χ1n) is 7.00. The smallest absolute Gasteiger partial charge is 0.256 e.